The lowest BCUT2D eigenvalue weighted by Gasteiger charge is -2.34. The first kappa shape index (κ1) is 30.0. The van der Waals surface area contributed by atoms with Crippen molar-refractivity contribution in [3.63, 3.8) is 0 Å². The van der Waals surface area contributed by atoms with Crippen LogP contribution in [0, 0.1) is 5.41 Å². The van der Waals surface area contributed by atoms with Crippen molar-refractivity contribution in [2.24, 2.45) is 12.5 Å². The molecule has 0 radical (unpaired) electrons. The van der Waals surface area contributed by atoms with E-state index in [1.165, 1.54) is 5.06 Å². The van der Waals surface area contributed by atoms with Crippen molar-refractivity contribution in [2.45, 2.75) is 65.0 Å². The van der Waals surface area contributed by atoms with E-state index in [9.17, 15) is 19.2 Å². The number of amides is 2. The number of carbonyl (C=O) groups excluding carboxylic acids is 4. The minimum absolute atomic E-state index is 0.0854. The maximum absolute atomic E-state index is 14.5. The second kappa shape index (κ2) is 12.3. The average molecular weight is 561 g/mol. The minimum atomic E-state index is -2.19. The van der Waals surface area contributed by atoms with E-state index < -0.39 is 35.1 Å². The second-order valence-corrected chi connectivity index (χ2v) is 12.0. The molecule has 2 heterocycles. The van der Waals surface area contributed by atoms with E-state index in [0.29, 0.717) is 19.5 Å². The van der Waals surface area contributed by atoms with Crippen molar-refractivity contribution in [1.29, 1.82) is 0 Å². The van der Waals surface area contributed by atoms with Crippen LogP contribution in [0.15, 0.2) is 60.7 Å². The number of nitrogens with zero attached hydrogens (tertiary/aromatic N) is 2. The van der Waals surface area contributed by atoms with Gasteiger partial charge in [-0.15, -0.1) is 5.06 Å². The molecule has 1 fully saturated rings. The summed E-state index contributed by atoms with van der Waals surface area (Å²) in [5.41, 5.74) is -0.699. The van der Waals surface area contributed by atoms with Crippen molar-refractivity contribution >= 4 is 34.5 Å². The number of aromatic nitrogens is 1. The molecule has 41 heavy (non-hydrogen) atoms. The van der Waals surface area contributed by atoms with Crippen molar-refractivity contribution < 1.29 is 24.0 Å². The molecule has 1 aliphatic rings. The summed E-state index contributed by atoms with van der Waals surface area (Å²) in [5.74, 6) is -2.65. The third kappa shape index (κ3) is 6.85. The van der Waals surface area contributed by atoms with Gasteiger partial charge in [0.1, 0.15) is 0 Å². The van der Waals surface area contributed by atoms with Crippen LogP contribution < -0.4 is 10.6 Å². The molecule has 9 nitrogen and oxygen atoms in total. The van der Waals surface area contributed by atoms with E-state index in [0.717, 1.165) is 29.3 Å². The number of Topliss-reactive ketones (excluding diaryl/α,β-unsaturated/α-hetero) is 2. The summed E-state index contributed by atoms with van der Waals surface area (Å²) in [5, 5.41) is 7.67. The highest BCUT2D eigenvalue weighted by molar-refractivity contribution is 6.46. The molecule has 9 heteroatoms. The van der Waals surface area contributed by atoms with Crippen LogP contribution in [0.25, 0.3) is 10.9 Å². The predicted octanol–water partition coefficient (Wildman–Crippen LogP) is 5.11. The van der Waals surface area contributed by atoms with E-state index in [1.807, 2.05) is 75.4 Å². The quantitative estimate of drug-likeness (QED) is 0.203. The highest BCUT2D eigenvalue weighted by atomic mass is 16.7. The average Bonchev–Trinajstić information content (AvgIpc) is 3.57. The number of hydrogen-bond acceptors (Lipinski definition) is 6. The summed E-state index contributed by atoms with van der Waals surface area (Å²) in [6.45, 7) is 8.81. The number of hydrogen-bond donors (Lipinski definition) is 2. The summed E-state index contributed by atoms with van der Waals surface area (Å²) in [6, 6.07) is 17.9. The molecule has 0 unspecified atom stereocenters. The molecule has 4 rings (SSSR count). The predicted molar refractivity (Wildman–Crippen MR) is 157 cm³/mol. The number of ketones is 2. The number of hydroxylamine groups is 2. The Morgan fingerprint density at radius 1 is 0.927 bits per heavy atom. The molecule has 0 bridgehead atoms. The van der Waals surface area contributed by atoms with Gasteiger partial charge in [0.05, 0.1) is 11.7 Å². The first-order valence-electron chi connectivity index (χ1n) is 14.2. The maximum atomic E-state index is 14.5. The third-order valence-corrected chi connectivity index (χ3v) is 7.66. The van der Waals surface area contributed by atoms with Gasteiger partial charge in [-0.3, -0.25) is 19.7 Å². The van der Waals surface area contributed by atoms with E-state index >= 15 is 0 Å². The molecule has 2 aromatic carbocycles. The third-order valence-electron chi connectivity index (χ3n) is 7.66. The van der Waals surface area contributed by atoms with Crippen molar-refractivity contribution in [3.8, 4) is 0 Å². The maximum Gasteiger partial charge on any atom is 0.427 e. The van der Waals surface area contributed by atoms with Gasteiger partial charge in [0.2, 0.25) is 5.78 Å². The Morgan fingerprint density at radius 2 is 1.56 bits per heavy atom. The molecule has 2 N–H and O–H groups in total. The monoisotopic (exact) mass is 560 g/mol. The van der Waals surface area contributed by atoms with Gasteiger partial charge >= 0.3 is 6.09 Å². The molecule has 1 aromatic heterocycles. The van der Waals surface area contributed by atoms with Gasteiger partial charge in [0.15, 0.2) is 5.54 Å². The summed E-state index contributed by atoms with van der Waals surface area (Å²) in [7, 11) is 1.73. The molecule has 0 saturated carbocycles. The number of carbonyl (C=O) groups is 4. The lowest BCUT2D eigenvalue weighted by Crippen LogP contribution is -2.64. The summed E-state index contributed by atoms with van der Waals surface area (Å²) in [6.07, 6.45) is 1.09. The van der Waals surface area contributed by atoms with Crippen LogP contribution in [-0.2, 0) is 21.5 Å². The fraction of sp³-hybridized carbons (Fsp3) is 0.438. The molecule has 1 aliphatic heterocycles. The van der Waals surface area contributed by atoms with Crippen LogP contribution in [0.5, 0.6) is 0 Å². The smallest absolute Gasteiger partial charge is 0.351 e. The van der Waals surface area contributed by atoms with Gasteiger partial charge in [-0.1, -0.05) is 69.3 Å². The van der Waals surface area contributed by atoms with Crippen molar-refractivity contribution in [2.75, 3.05) is 13.1 Å². The molecular formula is C32H40N4O5. The second-order valence-electron chi connectivity index (χ2n) is 12.0. The zero-order valence-corrected chi connectivity index (χ0v) is 24.5. The van der Waals surface area contributed by atoms with Gasteiger partial charge in [-0.05, 0) is 55.7 Å². The molecule has 1 saturated heterocycles. The Hall–Kier alpha value is -3.98. The number of nitrogens with one attached hydrogen (secondary N) is 2. The van der Waals surface area contributed by atoms with Crippen LogP contribution in [-0.4, -0.2) is 51.8 Å². The molecule has 218 valence electrons. The number of fused-ring (bicyclic) bond motifs is 1. The first-order chi connectivity index (χ1) is 19.4. The SMILES string of the molecule is C[C@@H](NC(=O)C(=O)[C@](CCC(C)(C)C)(NC(=O)ON1CCCC1)C(=O)c1cc2ccccc2n1C)c1ccccc1. The normalized spacial score (nSPS) is 16.1. The zero-order valence-electron chi connectivity index (χ0n) is 24.5. The van der Waals surface area contributed by atoms with Gasteiger partial charge in [0, 0.05) is 31.0 Å². The molecule has 2 amide bonds. The van der Waals surface area contributed by atoms with Crippen LogP contribution >= 0.6 is 0 Å². The van der Waals surface area contributed by atoms with Crippen molar-refractivity contribution in [1.82, 2.24) is 20.3 Å². The Balaban J connectivity index is 1.77. The van der Waals surface area contributed by atoms with E-state index in [2.05, 4.69) is 10.6 Å². The molecule has 2 atom stereocenters. The molecule has 3 aromatic rings. The van der Waals surface area contributed by atoms with Crippen molar-refractivity contribution in [3.05, 3.63) is 71.9 Å². The van der Waals surface area contributed by atoms with E-state index in [-0.39, 0.29) is 17.5 Å². The summed E-state index contributed by atoms with van der Waals surface area (Å²) in [4.78, 5) is 61.2. The number of rotatable bonds is 10. The highest BCUT2D eigenvalue weighted by Gasteiger charge is 2.52. The zero-order chi connectivity index (χ0) is 29.8. The van der Waals surface area contributed by atoms with Gasteiger partial charge in [0.25, 0.3) is 11.7 Å². The molecular weight excluding hydrogens is 520 g/mol. The van der Waals surface area contributed by atoms with E-state index in [1.54, 1.807) is 24.6 Å². The van der Waals surface area contributed by atoms with Gasteiger partial charge in [-0.25, -0.2) is 4.79 Å². The summed E-state index contributed by atoms with van der Waals surface area (Å²) < 4.78 is 1.69. The van der Waals surface area contributed by atoms with Crippen LogP contribution in [0.3, 0.4) is 0 Å². The highest BCUT2D eigenvalue weighted by Crippen LogP contribution is 2.31. The topological polar surface area (TPSA) is 110 Å². The number of aryl methyl sites for hydroxylation is 1. The lowest BCUT2D eigenvalue weighted by molar-refractivity contribution is -0.141. The number of benzene rings is 2. The Bertz CT molecular complexity index is 1420. The lowest BCUT2D eigenvalue weighted by atomic mass is 9.77. The minimum Gasteiger partial charge on any atom is -0.351 e. The number of para-hydroxylation sites is 1. The fourth-order valence-corrected chi connectivity index (χ4v) is 5.17. The van der Waals surface area contributed by atoms with Crippen LogP contribution in [0.4, 0.5) is 4.79 Å². The van der Waals surface area contributed by atoms with E-state index in [4.69, 9.17) is 4.84 Å². The van der Waals surface area contributed by atoms with Crippen LogP contribution in [0.2, 0.25) is 0 Å². The van der Waals surface area contributed by atoms with Gasteiger partial charge in [-0.2, -0.15) is 0 Å². The van der Waals surface area contributed by atoms with Gasteiger partial charge < -0.3 is 14.7 Å². The standard InChI is InChI=1S/C32H40N4O5/c1-22(23-13-7-6-8-14-23)33-29(39)28(38)32(18-17-31(2,3)4,34-30(40)41-36-19-11-12-20-36)27(37)26-21-24-15-9-10-16-25(24)35(26)5/h6-10,13-16,21-22H,11-12,17-20H2,1-5H3,(H,33,39)(H,34,40)/t22-,32-/m1/s1. The molecule has 0 spiro atoms. The Morgan fingerprint density at radius 3 is 2.20 bits per heavy atom. The van der Waals surface area contributed by atoms with Crippen LogP contribution in [0.1, 0.15) is 75.5 Å². The largest absolute Gasteiger partial charge is 0.427 e. The molecule has 0 aliphatic carbocycles. The fourth-order valence-electron chi connectivity index (χ4n) is 5.17. The Kier molecular flexibility index (Phi) is 8.97. The summed E-state index contributed by atoms with van der Waals surface area (Å²) >= 11 is 0. The Labute approximate surface area is 241 Å². The first-order valence-corrected chi connectivity index (χ1v) is 14.2.